The van der Waals surface area contributed by atoms with Gasteiger partial charge in [-0.15, -0.1) is 11.8 Å². The van der Waals surface area contributed by atoms with Crippen LogP contribution in [-0.2, 0) is 24.3 Å². The Kier molecular flexibility index (Phi) is 8.39. The topological polar surface area (TPSA) is 85.6 Å². The first kappa shape index (κ1) is 22.4. The average molecular weight is 433 g/mol. The van der Waals surface area contributed by atoms with Crippen LogP contribution in [0.2, 0.25) is 0 Å². The van der Waals surface area contributed by atoms with Crippen LogP contribution in [-0.4, -0.2) is 60.3 Å². The van der Waals surface area contributed by atoms with Crippen molar-refractivity contribution in [2.45, 2.75) is 43.9 Å². The Morgan fingerprint density at radius 1 is 1.37 bits per heavy atom. The molecule has 2 aromatic rings. The maximum Gasteiger partial charge on any atom is 0.191 e. The molecule has 2 atom stereocenters. The maximum atomic E-state index is 5.43. The third kappa shape index (κ3) is 6.12. The summed E-state index contributed by atoms with van der Waals surface area (Å²) in [5, 5.41) is 11.5. The normalized spacial score (nSPS) is 17.3. The van der Waals surface area contributed by atoms with Crippen molar-refractivity contribution in [3.63, 3.8) is 0 Å². The lowest BCUT2D eigenvalue weighted by molar-refractivity contribution is 0.177. The lowest BCUT2D eigenvalue weighted by Crippen LogP contribution is -2.48. The molecule has 0 radical (unpaired) electrons. The second-order valence-corrected chi connectivity index (χ2v) is 8.52. The van der Waals surface area contributed by atoms with Gasteiger partial charge in [0.1, 0.15) is 18.2 Å². The Bertz CT molecular complexity index is 841. The Morgan fingerprint density at radius 3 is 2.97 bits per heavy atom. The van der Waals surface area contributed by atoms with Gasteiger partial charge < -0.3 is 20.1 Å². The zero-order valence-electron chi connectivity index (χ0n) is 18.2. The van der Waals surface area contributed by atoms with Crippen LogP contribution in [0.5, 0.6) is 5.75 Å². The van der Waals surface area contributed by atoms with Gasteiger partial charge in [-0.3, -0.25) is 4.99 Å². The predicted molar refractivity (Wildman–Crippen MR) is 120 cm³/mol. The molecule has 0 aliphatic carbocycles. The van der Waals surface area contributed by atoms with E-state index >= 15 is 0 Å². The van der Waals surface area contributed by atoms with Gasteiger partial charge in [-0.2, -0.15) is 5.10 Å². The second kappa shape index (κ2) is 11.2. The molecular formula is C21H32N6O2S. The Morgan fingerprint density at radius 2 is 2.20 bits per heavy atom. The molecule has 9 heteroatoms. The monoisotopic (exact) mass is 432 g/mol. The third-order valence-corrected chi connectivity index (χ3v) is 6.33. The molecule has 1 aliphatic rings. The van der Waals surface area contributed by atoms with Crippen LogP contribution < -0.4 is 15.4 Å². The molecule has 0 saturated heterocycles. The minimum Gasteiger partial charge on any atom is -0.496 e. The number of aliphatic imine (C=N–C) groups is 1. The molecule has 1 aromatic heterocycles. The molecule has 1 aromatic carbocycles. The van der Waals surface area contributed by atoms with E-state index in [1.807, 2.05) is 41.7 Å². The summed E-state index contributed by atoms with van der Waals surface area (Å²) in [5.74, 6) is 5.01. The number of para-hydroxylation sites is 1. The molecular weight excluding hydrogens is 400 g/mol. The summed E-state index contributed by atoms with van der Waals surface area (Å²) in [6.07, 6.45) is 1.91. The quantitative estimate of drug-likeness (QED) is 0.357. The molecule has 2 unspecified atom stereocenters. The largest absolute Gasteiger partial charge is 0.496 e. The van der Waals surface area contributed by atoms with Crippen LogP contribution >= 0.6 is 11.8 Å². The average Bonchev–Trinajstić information content (AvgIpc) is 3.17. The van der Waals surface area contributed by atoms with Gasteiger partial charge in [0.15, 0.2) is 11.8 Å². The molecule has 3 rings (SSSR count). The molecule has 8 nitrogen and oxygen atoms in total. The fraction of sp³-hybridized carbons (Fsp3) is 0.571. The van der Waals surface area contributed by atoms with Gasteiger partial charge in [-0.1, -0.05) is 19.1 Å². The van der Waals surface area contributed by atoms with Gasteiger partial charge in [-0.25, -0.2) is 9.67 Å². The number of guanidine groups is 1. The number of ether oxygens (including phenoxy) is 2. The number of methoxy groups -OCH3 is 2. The van der Waals surface area contributed by atoms with Crippen molar-refractivity contribution < 1.29 is 9.47 Å². The number of nitrogens with zero attached hydrogens (tertiary/aromatic N) is 4. The number of aromatic nitrogens is 3. The number of nitrogens with one attached hydrogen (secondary N) is 2. The summed E-state index contributed by atoms with van der Waals surface area (Å²) >= 11 is 1.82. The summed E-state index contributed by atoms with van der Waals surface area (Å²) in [6, 6.07) is 8.42. The second-order valence-electron chi connectivity index (χ2n) is 7.46. The summed E-state index contributed by atoms with van der Waals surface area (Å²) < 4.78 is 12.6. The SMILES string of the molecule is CN=C(NCC(C)CSc1ccccc1OC)NC1CCc2nc(COC)nn2C1. The van der Waals surface area contributed by atoms with Crippen LogP contribution in [0.15, 0.2) is 34.2 Å². The first-order valence-corrected chi connectivity index (χ1v) is 11.3. The first-order valence-electron chi connectivity index (χ1n) is 10.3. The molecule has 0 bridgehead atoms. The number of rotatable bonds is 9. The van der Waals surface area contributed by atoms with E-state index in [0.717, 1.165) is 55.0 Å². The Hall–Kier alpha value is -2.26. The van der Waals surface area contributed by atoms with Crippen molar-refractivity contribution >= 4 is 17.7 Å². The van der Waals surface area contributed by atoms with E-state index in [4.69, 9.17) is 9.47 Å². The van der Waals surface area contributed by atoms with E-state index in [1.54, 1.807) is 14.2 Å². The summed E-state index contributed by atoms with van der Waals surface area (Å²) in [4.78, 5) is 10.1. The van der Waals surface area contributed by atoms with Gasteiger partial charge >= 0.3 is 0 Å². The minimum absolute atomic E-state index is 0.277. The Balaban J connectivity index is 1.44. The fourth-order valence-corrected chi connectivity index (χ4v) is 4.41. The van der Waals surface area contributed by atoms with Crippen molar-refractivity contribution in [1.82, 2.24) is 25.4 Å². The maximum absolute atomic E-state index is 5.43. The van der Waals surface area contributed by atoms with Crippen molar-refractivity contribution in [3.8, 4) is 5.75 Å². The fourth-order valence-electron chi connectivity index (χ4n) is 3.36. The van der Waals surface area contributed by atoms with Crippen molar-refractivity contribution in [2.75, 3.05) is 33.6 Å². The smallest absolute Gasteiger partial charge is 0.191 e. The molecule has 1 aliphatic heterocycles. The summed E-state index contributed by atoms with van der Waals surface area (Å²) in [6.45, 7) is 4.32. The molecule has 0 amide bonds. The molecule has 2 heterocycles. The number of fused-ring (bicyclic) bond motifs is 1. The highest BCUT2D eigenvalue weighted by molar-refractivity contribution is 7.99. The van der Waals surface area contributed by atoms with Crippen molar-refractivity contribution in [2.24, 2.45) is 10.9 Å². The van der Waals surface area contributed by atoms with Gasteiger partial charge in [0.25, 0.3) is 0 Å². The van der Waals surface area contributed by atoms with Crippen LogP contribution in [0.25, 0.3) is 0 Å². The number of aryl methyl sites for hydroxylation is 1. The van der Waals surface area contributed by atoms with E-state index in [-0.39, 0.29) is 6.04 Å². The number of hydrogen-bond donors (Lipinski definition) is 2. The van der Waals surface area contributed by atoms with Gasteiger partial charge in [0, 0.05) is 43.8 Å². The number of benzene rings is 1. The highest BCUT2D eigenvalue weighted by Crippen LogP contribution is 2.29. The van der Waals surface area contributed by atoms with E-state index in [0.29, 0.717) is 12.5 Å². The number of thioether (sulfide) groups is 1. The zero-order valence-corrected chi connectivity index (χ0v) is 19.0. The van der Waals surface area contributed by atoms with E-state index in [1.165, 1.54) is 4.90 Å². The van der Waals surface area contributed by atoms with Gasteiger partial charge in [-0.05, 0) is 24.5 Å². The molecule has 0 saturated carbocycles. The van der Waals surface area contributed by atoms with Crippen LogP contribution in [0, 0.1) is 5.92 Å². The van der Waals surface area contributed by atoms with Crippen molar-refractivity contribution in [3.05, 3.63) is 35.9 Å². The summed E-state index contributed by atoms with van der Waals surface area (Å²) in [7, 11) is 5.19. The van der Waals surface area contributed by atoms with Crippen LogP contribution in [0.3, 0.4) is 0 Å². The standard InChI is InChI=1S/C21H32N6O2S/c1-15(14-30-18-8-6-5-7-17(18)29-4)11-23-21(22-2)24-16-9-10-20-25-19(13-28-3)26-27(20)12-16/h5-8,15-16H,9-14H2,1-4H3,(H2,22,23,24). The van der Waals surface area contributed by atoms with E-state index in [9.17, 15) is 0 Å². The van der Waals surface area contributed by atoms with Crippen LogP contribution in [0.4, 0.5) is 0 Å². The predicted octanol–water partition coefficient (Wildman–Crippen LogP) is 2.34. The molecule has 164 valence electrons. The Labute approximate surface area is 182 Å². The van der Waals surface area contributed by atoms with Gasteiger partial charge in [0.05, 0.1) is 13.7 Å². The van der Waals surface area contributed by atoms with Crippen molar-refractivity contribution in [1.29, 1.82) is 0 Å². The van der Waals surface area contributed by atoms with E-state index in [2.05, 4.69) is 38.7 Å². The molecule has 0 fully saturated rings. The number of hydrogen-bond acceptors (Lipinski definition) is 6. The third-order valence-electron chi connectivity index (χ3n) is 4.95. The highest BCUT2D eigenvalue weighted by atomic mass is 32.2. The molecule has 30 heavy (non-hydrogen) atoms. The molecule has 0 spiro atoms. The zero-order chi connectivity index (χ0) is 21.3. The lowest BCUT2D eigenvalue weighted by Gasteiger charge is -2.26. The highest BCUT2D eigenvalue weighted by Gasteiger charge is 2.22. The minimum atomic E-state index is 0.277. The van der Waals surface area contributed by atoms with Gasteiger partial charge in [0.2, 0.25) is 0 Å². The summed E-state index contributed by atoms with van der Waals surface area (Å²) in [5.41, 5.74) is 0. The van der Waals surface area contributed by atoms with Crippen LogP contribution in [0.1, 0.15) is 25.0 Å². The lowest BCUT2D eigenvalue weighted by atomic mass is 10.1. The first-order chi connectivity index (χ1) is 14.6. The van der Waals surface area contributed by atoms with E-state index < -0.39 is 0 Å². The molecule has 2 N–H and O–H groups in total.